The zero-order valence-corrected chi connectivity index (χ0v) is 13.4. The number of carbonyl (C=O) groups excluding carboxylic acids is 1. The van der Waals surface area contributed by atoms with Crippen LogP contribution in [0.2, 0.25) is 0 Å². The molecule has 0 aliphatic heterocycles. The van der Waals surface area contributed by atoms with Gasteiger partial charge in [-0.3, -0.25) is 4.79 Å². The predicted molar refractivity (Wildman–Crippen MR) is 87.7 cm³/mol. The molecule has 0 atom stereocenters. The first-order valence-electron chi connectivity index (χ1n) is 6.31. The smallest absolute Gasteiger partial charge is 0.376 e. The topological polar surface area (TPSA) is 41.1 Å². The lowest BCUT2D eigenvalue weighted by atomic mass is 10.2. The molecule has 1 amide bonds. The van der Waals surface area contributed by atoms with Gasteiger partial charge in [-0.1, -0.05) is 6.07 Å². The summed E-state index contributed by atoms with van der Waals surface area (Å²) >= 11 is 2.15. The average Bonchev–Trinajstić information content (AvgIpc) is 2.47. The summed E-state index contributed by atoms with van der Waals surface area (Å²) in [5.74, 6) is -0.335. The third kappa shape index (κ3) is 4.90. The van der Waals surface area contributed by atoms with Gasteiger partial charge in [-0.2, -0.15) is 13.2 Å². The van der Waals surface area contributed by atoms with Gasteiger partial charge in [-0.05, 0) is 65.1 Å². The number of amides is 1. The van der Waals surface area contributed by atoms with Gasteiger partial charge in [0.05, 0.1) is 12.1 Å². The number of rotatable bonds is 4. The lowest BCUT2D eigenvalue weighted by Crippen LogP contribution is -2.21. The summed E-state index contributed by atoms with van der Waals surface area (Å²) in [5.41, 5.74) is 0.124. The van der Waals surface area contributed by atoms with Gasteiger partial charge >= 0.3 is 6.18 Å². The molecule has 0 bridgehead atoms. The minimum Gasteiger partial charge on any atom is -0.376 e. The van der Waals surface area contributed by atoms with E-state index in [9.17, 15) is 18.0 Å². The van der Waals surface area contributed by atoms with Gasteiger partial charge in [0.15, 0.2) is 0 Å². The highest BCUT2D eigenvalue weighted by Crippen LogP contribution is 2.30. The lowest BCUT2D eigenvalue weighted by molar-refractivity contribution is -0.137. The molecule has 0 aliphatic rings. The van der Waals surface area contributed by atoms with Crippen molar-refractivity contribution in [3.8, 4) is 0 Å². The number of anilines is 2. The maximum atomic E-state index is 12.6. The molecule has 0 radical (unpaired) electrons. The molecule has 3 nitrogen and oxygen atoms in total. The molecule has 0 aliphatic carbocycles. The van der Waals surface area contributed by atoms with E-state index in [0.29, 0.717) is 5.69 Å². The zero-order valence-electron chi connectivity index (χ0n) is 11.2. The van der Waals surface area contributed by atoms with Crippen molar-refractivity contribution >= 4 is 39.9 Å². The molecule has 0 heterocycles. The molecule has 2 aromatic carbocycles. The fraction of sp³-hybridized carbons (Fsp3) is 0.133. The second-order valence-electron chi connectivity index (χ2n) is 4.49. The van der Waals surface area contributed by atoms with Gasteiger partial charge in [-0.25, -0.2) is 0 Å². The van der Waals surface area contributed by atoms with Gasteiger partial charge in [0.2, 0.25) is 5.91 Å². The van der Waals surface area contributed by atoms with Gasteiger partial charge in [-0.15, -0.1) is 0 Å². The van der Waals surface area contributed by atoms with Crippen LogP contribution in [0.4, 0.5) is 24.5 Å². The van der Waals surface area contributed by atoms with Crippen molar-refractivity contribution in [1.29, 1.82) is 0 Å². The molecule has 2 aromatic rings. The van der Waals surface area contributed by atoms with Crippen molar-refractivity contribution in [2.24, 2.45) is 0 Å². The normalized spacial score (nSPS) is 11.1. The van der Waals surface area contributed by atoms with E-state index < -0.39 is 11.7 Å². The molecule has 116 valence electrons. The maximum Gasteiger partial charge on any atom is 0.416 e. The molecule has 22 heavy (non-hydrogen) atoms. The van der Waals surface area contributed by atoms with Crippen LogP contribution in [0.5, 0.6) is 0 Å². The van der Waals surface area contributed by atoms with Crippen LogP contribution in [0.25, 0.3) is 0 Å². The van der Waals surface area contributed by atoms with Crippen LogP contribution in [-0.2, 0) is 11.0 Å². The van der Waals surface area contributed by atoms with Gasteiger partial charge in [0.25, 0.3) is 0 Å². The third-order valence-corrected chi connectivity index (χ3v) is 3.49. The number of halogens is 4. The minimum absolute atomic E-state index is 0.118. The van der Waals surface area contributed by atoms with Crippen molar-refractivity contribution in [1.82, 2.24) is 0 Å². The van der Waals surface area contributed by atoms with Crippen LogP contribution in [0, 0.1) is 3.57 Å². The summed E-state index contributed by atoms with van der Waals surface area (Å²) < 4.78 is 38.8. The highest BCUT2D eigenvalue weighted by atomic mass is 127. The van der Waals surface area contributed by atoms with Crippen LogP contribution in [0.15, 0.2) is 48.5 Å². The SMILES string of the molecule is O=C(CNc1cccc(C(F)(F)F)c1)Nc1ccc(I)cc1. The van der Waals surface area contributed by atoms with E-state index in [2.05, 4.69) is 33.2 Å². The summed E-state index contributed by atoms with van der Waals surface area (Å²) in [5, 5.41) is 5.33. The molecular formula is C15H12F3IN2O. The number of alkyl halides is 3. The second-order valence-corrected chi connectivity index (χ2v) is 5.73. The van der Waals surface area contributed by atoms with Crippen molar-refractivity contribution < 1.29 is 18.0 Å². The Hall–Kier alpha value is -1.77. The first-order chi connectivity index (χ1) is 10.3. The van der Waals surface area contributed by atoms with Crippen LogP contribution in [0.3, 0.4) is 0 Å². The van der Waals surface area contributed by atoms with E-state index in [1.54, 1.807) is 12.1 Å². The Morgan fingerprint density at radius 2 is 1.73 bits per heavy atom. The van der Waals surface area contributed by atoms with E-state index in [1.807, 2.05) is 12.1 Å². The Kier molecular flexibility index (Phi) is 5.28. The van der Waals surface area contributed by atoms with Crippen molar-refractivity contribution in [3.63, 3.8) is 0 Å². The molecule has 0 spiro atoms. The first-order valence-corrected chi connectivity index (χ1v) is 7.39. The highest BCUT2D eigenvalue weighted by Gasteiger charge is 2.30. The second kappa shape index (κ2) is 6.99. The van der Waals surface area contributed by atoms with E-state index in [1.165, 1.54) is 12.1 Å². The number of benzene rings is 2. The molecule has 0 saturated heterocycles. The van der Waals surface area contributed by atoms with E-state index in [4.69, 9.17) is 0 Å². The van der Waals surface area contributed by atoms with Crippen molar-refractivity contribution in [2.75, 3.05) is 17.2 Å². The summed E-state index contributed by atoms with van der Waals surface area (Å²) in [6.45, 7) is -0.118. The largest absolute Gasteiger partial charge is 0.416 e. The van der Waals surface area contributed by atoms with E-state index in [0.717, 1.165) is 15.7 Å². The fourth-order valence-corrected chi connectivity index (χ4v) is 2.09. The number of hydrogen-bond donors (Lipinski definition) is 2. The molecular weight excluding hydrogens is 408 g/mol. The van der Waals surface area contributed by atoms with Crippen molar-refractivity contribution in [3.05, 3.63) is 57.7 Å². The Balaban J connectivity index is 1.92. The van der Waals surface area contributed by atoms with Crippen LogP contribution in [0.1, 0.15) is 5.56 Å². The molecule has 7 heteroatoms. The average molecular weight is 420 g/mol. The summed E-state index contributed by atoms with van der Waals surface area (Å²) in [6, 6.07) is 11.9. The van der Waals surface area contributed by atoms with Crippen LogP contribution < -0.4 is 10.6 Å². The van der Waals surface area contributed by atoms with Gasteiger partial charge in [0, 0.05) is 14.9 Å². The van der Waals surface area contributed by atoms with Crippen LogP contribution in [-0.4, -0.2) is 12.5 Å². The Morgan fingerprint density at radius 1 is 1.05 bits per heavy atom. The Labute approximate surface area is 139 Å². The Morgan fingerprint density at radius 3 is 2.36 bits per heavy atom. The molecule has 0 unspecified atom stereocenters. The maximum absolute atomic E-state index is 12.6. The van der Waals surface area contributed by atoms with Gasteiger partial charge in [0.1, 0.15) is 0 Å². The van der Waals surface area contributed by atoms with E-state index >= 15 is 0 Å². The van der Waals surface area contributed by atoms with E-state index in [-0.39, 0.29) is 18.1 Å². The monoisotopic (exact) mass is 420 g/mol. The summed E-state index contributed by atoms with van der Waals surface area (Å²) in [6.07, 6.45) is -4.40. The van der Waals surface area contributed by atoms with Crippen LogP contribution >= 0.6 is 22.6 Å². The first kappa shape index (κ1) is 16.6. The molecule has 2 rings (SSSR count). The Bertz CT molecular complexity index is 657. The molecule has 0 saturated carbocycles. The quantitative estimate of drug-likeness (QED) is 0.722. The predicted octanol–water partition coefficient (Wildman–Crippen LogP) is 4.36. The summed E-state index contributed by atoms with van der Waals surface area (Å²) in [7, 11) is 0. The zero-order chi connectivity index (χ0) is 16.2. The fourth-order valence-electron chi connectivity index (χ4n) is 1.73. The molecule has 2 N–H and O–H groups in total. The number of hydrogen-bond acceptors (Lipinski definition) is 2. The highest BCUT2D eigenvalue weighted by molar-refractivity contribution is 14.1. The van der Waals surface area contributed by atoms with Crippen molar-refractivity contribution in [2.45, 2.75) is 6.18 Å². The van der Waals surface area contributed by atoms with Gasteiger partial charge < -0.3 is 10.6 Å². The lowest BCUT2D eigenvalue weighted by Gasteiger charge is -2.11. The number of nitrogens with one attached hydrogen (secondary N) is 2. The third-order valence-electron chi connectivity index (χ3n) is 2.77. The molecule has 0 fully saturated rings. The standard InChI is InChI=1S/C15H12F3IN2O/c16-15(17,18)10-2-1-3-13(8-10)20-9-14(22)21-12-6-4-11(19)5-7-12/h1-8,20H,9H2,(H,21,22). The minimum atomic E-state index is -4.40. The number of carbonyl (C=O) groups is 1. The molecule has 0 aromatic heterocycles. The summed E-state index contributed by atoms with van der Waals surface area (Å²) in [4.78, 5) is 11.8.